The van der Waals surface area contributed by atoms with Crippen LogP contribution < -0.4 is 10.1 Å². The van der Waals surface area contributed by atoms with E-state index in [2.05, 4.69) is 26.1 Å². The molecular formula is C15H22FNO. The van der Waals surface area contributed by atoms with Crippen LogP contribution in [0.25, 0.3) is 0 Å². The second-order valence-corrected chi connectivity index (χ2v) is 6.03. The Hall–Kier alpha value is -1.09. The maximum atomic E-state index is 13.6. The van der Waals surface area contributed by atoms with Crippen LogP contribution in [0.15, 0.2) is 18.2 Å². The highest BCUT2D eigenvalue weighted by molar-refractivity contribution is 5.41. The van der Waals surface area contributed by atoms with E-state index in [1.54, 1.807) is 19.2 Å². The average Bonchev–Trinajstić information content (AvgIpc) is 2.78. The Morgan fingerprint density at radius 2 is 2.06 bits per heavy atom. The minimum atomic E-state index is -0.208. The smallest absolute Gasteiger partial charge is 0.124 e. The molecule has 1 saturated heterocycles. The van der Waals surface area contributed by atoms with Gasteiger partial charge in [-0.2, -0.15) is 0 Å². The molecule has 3 heteroatoms. The van der Waals surface area contributed by atoms with Crippen molar-refractivity contribution < 1.29 is 9.13 Å². The van der Waals surface area contributed by atoms with E-state index in [0.29, 0.717) is 0 Å². The largest absolute Gasteiger partial charge is 0.496 e. The molecule has 100 valence electrons. The zero-order chi connectivity index (χ0) is 13.4. The Kier molecular flexibility index (Phi) is 3.37. The predicted octanol–water partition coefficient (Wildman–Crippen LogP) is 3.46. The van der Waals surface area contributed by atoms with Gasteiger partial charge in [-0.15, -0.1) is 0 Å². The van der Waals surface area contributed by atoms with E-state index >= 15 is 0 Å². The van der Waals surface area contributed by atoms with Gasteiger partial charge in [-0.25, -0.2) is 4.39 Å². The van der Waals surface area contributed by atoms with E-state index < -0.39 is 0 Å². The molecule has 0 radical (unpaired) electrons. The van der Waals surface area contributed by atoms with Gasteiger partial charge in [-0.1, -0.05) is 20.8 Å². The summed E-state index contributed by atoms with van der Waals surface area (Å²) in [5.74, 6) is 0.559. The molecule has 0 amide bonds. The topological polar surface area (TPSA) is 21.3 Å². The third-order valence-corrected chi connectivity index (χ3v) is 4.06. The number of hydrogen-bond donors (Lipinski definition) is 1. The van der Waals surface area contributed by atoms with E-state index in [0.717, 1.165) is 30.7 Å². The summed E-state index contributed by atoms with van der Waals surface area (Å²) in [6.45, 7) is 7.54. The summed E-state index contributed by atoms with van der Waals surface area (Å²) in [5, 5.41) is 3.58. The van der Waals surface area contributed by atoms with E-state index in [4.69, 9.17) is 4.74 Å². The first-order valence-corrected chi connectivity index (χ1v) is 6.50. The maximum absolute atomic E-state index is 13.6. The van der Waals surface area contributed by atoms with Crippen LogP contribution in [0, 0.1) is 11.2 Å². The molecule has 1 aromatic carbocycles. The Morgan fingerprint density at radius 3 is 2.56 bits per heavy atom. The molecule has 0 spiro atoms. The molecule has 2 nitrogen and oxygen atoms in total. The van der Waals surface area contributed by atoms with E-state index in [1.165, 1.54) is 6.07 Å². The SMILES string of the molecule is COc1ccc(F)cc1C1(C(C)(C)C)CCCN1. The molecule has 0 bridgehead atoms. The van der Waals surface area contributed by atoms with Crippen LogP contribution in [-0.2, 0) is 5.54 Å². The number of ether oxygens (including phenoxy) is 1. The number of halogens is 1. The molecule has 0 saturated carbocycles. The summed E-state index contributed by atoms with van der Waals surface area (Å²) in [6, 6.07) is 4.79. The lowest BCUT2D eigenvalue weighted by Gasteiger charge is -2.43. The van der Waals surface area contributed by atoms with Crippen LogP contribution in [0.2, 0.25) is 0 Å². The minimum absolute atomic E-state index is 0.00454. The number of nitrogens with one attached hydrogen (secondary N) is 1. The van der Waals surface area contributed by atoms with Crippen molar-refractivity contribution >= 4 is 0 Å². The van der Waals surface area contributed by atoms with Gasteiger partial charge < -0.3 is 10.1 Å². The monoisotopic (exact) mass is 251 g/mol. The first kappa shape index (κ1) is 13.3. The number of hydrogen-bond acceptors (Lipinski definition) is 2. The van der Waals surface area contributed by atoms with Gasteiger partial charge in [0.1, 0.15) is 11.6 Å². The molecule has 1 heterocycles. The number of rotatable bonds is 2. The van der Waals surface area contributed by atoms with E-state index in [9.17, 15) is 4.39 Å². The fraction of sp³-hybridized carbons (Fsp3) is 0.600. The molecular weight excluding hydrogens is 229 g/mol. The van der Waals surface area contributed by atoms with Crippen molar-refractivity contribution in [3.63, 3.8) is 0 Å². The normalized spacial score (nSPS) is 24.3. The summed E-state index contributed by atoms with van der Waals surface area (Å²) in [5.41, 5.74) is 0.736. The third-order valence-electron chi connectivity index (χ3n) is 4.06. The molecule has 1 atom stereocenters. The molecule has 18 heavy (non-hydrogen) atoms. The van der Waals surface area contributed by atoms with E-state index in [1.807, 2.05) is 0 Å². The summed E-state index contributed by atoms with van der Waals surface area (Å²) in [7, 11) is 1.64. The lowest BCUT2D eigenvalue weighted by atomic mass is 9.68. The molecule has 1 aromatic rings. The van der Waals surface area contributed by atoms with Crippen molar-refractivity contribution in [2.24, 2.45) is 5.41 Å². The van der Waals surface area contributed by atoms with Gasteiger partial charge in [0.15, 0.2) is 0 Å². The van der Waals surface area contributed by atoms with Gasteiger partial charge in [0.05, 0.1) is 12.6 Å². The lowest BCUT2D eigenvalue weighted by Crippen LogP contribution is -2.48. The Balaban J connectivity index is 2.59. The van der Waals surface area contributed by atoms with Gasteiger partial charge in [-0.3, -0.25) is 0 Å². The zero-order valence-corrected chi connectivity index (χ0v) is 11.6. The third kappa shape index (κ3) is 2.01. The highest BCUT2D eigenvalue weighted by atomic mass is 19.1. The van der Waals surface area contributed by atoms with Gasteiger partial charge in [0, 0.05) is 5.56 Å². The first-order chi connectivity index (χ1) is 8.40. The fourth-order valence-electron chi connectivity index (χ4n) is 3.03. The molecule has 0 aliphatic carbocycles. The summed E-state index contributed by atoms with van der Waals surface area (Å²) < 4.78 is 19.0. The highest BCUT2D eigenvalue weighted by Gasteiger charge is 2.47. The van der Waals surface area contributed by atoms with Crippen LogP contribution in [0.4, 0.5) is 4.39 Å². The summed E-state index contributed by atoms with van der Waals surface area (Å²) in [6.07, 6.45) is 2.12. The zero-order valence-electron chi connectivity index (χ0n) is 11.6. The van der Waals surface area contributed by atoms with Gasteiger partial charge in [0.25, 0.3) is 0 Å². The van der Waals surface area contributed by atoms with Crippen LogP contribution in [-0.4, -0.2) is 13.7 Å². The van der Waals surface area contributed by atoms with Crippen molar-refractivity contribution in [3.8, 4) is 5.75 Å². The van der Waals surface area contributed by atoms with Gasteiger partial charge >= 0.3 is 0 Å². The van der Waals surface area contributed by atoms with Crippen LogP contribution in [0.5, 0.6) is 5.75 Å². The van der Waals surface area contributed by atoms with Gasteiger partial charge in [0.2, 0.25) is 0 Å². The van der Waals surface area contributed by atoms with Crippen molar-refractivity contribution in [1.82, 2.24) is 5.32 Å². The lowest BCUT2D eigenvalue weighted by molar-refractivity contribution is 0.155. The van der Waals surface area contributed by atoms with Crippen LogP contribution >= 0.6 is 0 Å². The fourth-order valence-corrected chi connectivity index (χ4v) is 3.03. The number of methoxy groups -OCH3 is 1. The second kappa shape index (κ2) is 4.54. The quantitative estimate of drug-likeness (QED) is 0.869. The molecule has 0 aromatic heterocycles. The molecule has 1 aliphatic heterocycles. The van der Waals surface area contributed by atoms with Gasteiger partial charge in [-0.05, 0) is 43.0 Å². The molecule has 2 rings (SSSR count). The maximum Gasteiger partial charge on any atom is 0.124 e. The predicted molar refractivity (Wildman–Crippen MR) is 71.3 cm³/mol. The summed E-state index contributed by atoms with van der Waals surface area (Å²) >= 11 is 0. The number of benzene rings is 1. The molecule has 1 N–H and O–H groups in total. The van der Waals surface area contributed by atoms with Crippen molar-refractivity contribution in [2.75, 3.05) is 13.7 Å². The van der Waals surface area contributed by atoms with E-state index in [-0.39, 0.29) is 16.8 Å². The molecule has 1 fully saturated rings. The Morgan fingerprint density at radius 1 is 1.33 bits per heavy atom. The Bertz CT molecular complexity index is 431. The second-order valence-electron chi connectivity index (χ2n) is 6.03. The molecule has 1 unspecified atom stereocenters. The minimum Gasteiger partial charge on any atom is -0.496 e. The Labute approximate surface area is 109 Å². The summed E-state index contributed by atoms with van der Waals surface area (Å²) in [4.78, 5) is 0. The average molecular weight is 251 g/mol. The van der Waals surface area contributed by atoms with Crippen molar-refractivity contribution in [3.05, 3.63) is 29.6 Å². The van der Waals surface area contributed by atoms with Crippen LogP contribution in [0.1, 0.15) is 39.2 Å². The van der Waals surface area contributed by atoms with Crippen LogP contribution in [0.3, 0.4) is 0 Å². The standard InChI is InChI=1S/C15H22FNO/c1-14(2,3)15(8-5-9-17-15)12-10-11(16)6-7-13(12)18-4/h6-7,10,17H,5,8-9H2,1-4H3. The molecule has 1 aliphatic rings. The van der Waals surface area contributed by atoms with Crippen molar-refractivity contribution in [2.45, 2.75) is 39.2 Å². The van der Waals surface area contributed by atoms with Crippen molar-refractivity contribution in [1.29, 1.82) is 0 Å². The highest BCUT2D eigenvalue weighted by Crippen LogP contribution is 2.48. The first-order valence-electron chi connectivity index (χ1n) is 6.50.